The van der Waals surface area contributed by atoms with Gasteiger partial charge in [-0.15, -0.1) is 11.3 Å². The van der Waals surface area contributed by atoms with E-state index in [0.717, 1.165) is 20.1 Å². The highest BCUT2D eigenvalue weighted by molar-refractivity contribution is 8.01. The van der Waals surface area contributed by atoms with Crippen molar-refractivity contribution in [2.45, 2.75) is 11.3 Å². The summed E-state index contributed by atoms with van der Waals surface area (Å²) in [6.45, 7) is 1.81. The number of rotatable bonds is 10. The number of amides is 2. The summed E-state index contributed by atoms with van der Waals surface area (Å²) in [7, 11) is 1.51. The van der Waals surface area contributed by atoms with E-state index >= 15 is 0 Å². The number of nitrogens with one attached hydrogen (secondary N) is 2. The number of nitrogens with zero attached hydrogens (tertiary/aromatic N) is 2. The first-order valence-corrected chi connectivity index (χ1v) is 12.8. The van der Waals surface area contributed by atoms with E-state index in [1.807, 2.05) is 55.5 Å². The number of carbonyl (C=O) groups excluding carboxylic acids is 2. The predicted molar refractivity (Wildman–Crippen MR) is 144 cm³/mol. The van der Waals surface area contributed by atoms with E-state index < -0.39 is 0 Å². The van der Waals surface area contributed by atoms with Crippen LogP contribution in [0.4, 0.5) is 5.69 Å². The van der Waals surface area contributed by atoms with Gasteiger partial charge in [0.05, 0.1) is 29.3 Å². The van der Waals surface area contributed by atoms with Crippen LogP contribution in [0.25, 0.3) is 10.2 Å². The van der Waals surface area contributed by atoms with Crippen LogP contribution in [-0.2, 0) is 9.59 Å². The second kappa shape index (κ2) is 12.2. The third-order valence-corrected chi connectivity index (χ3v) is 7.07. The van der Waals surface area contributed by atoms with Crippen molar-refractivity contribution in [2.75, 3.05) is 24.8 Å². The third-order valence-electron chi connectivity index (χ3n) is 4.89. The van der Waals surface area contributed by atoms with Crippen LogP contribution < -0.4 is 20.2 Å². The Bertz CT molecular complexity index is 1350. The van der Waals surface area contributed by atoms with Crippen LogP contribution in [0, 0.1) is 6.92 Å². The molecule has 10 heteroatoms. The number of aryl methyl sites for hydroxylation is 1. The number of methoxy groups -OCH3 is 1. The Kier molecular flexibility index (Phi) is 8.53. The fourth-order valence-electron chi connectivity index (χ4n) is 3.11. The molecule has 0 atom stereocenters. The number of thioether (sulfide) groups is 1. The molecule has 4 rings (SSSR count). The lowest BCUT2D eigenvalue weighted by Gasteiger charge is -2.11. The number of anilines is 1. The molecule has 0 unspecified atom stereocenters. The number of hydrazone groups is 1. The normalized spacial score (nSPS) is 10.9. The second-order valence-electron chi connectivity index (χ2n) is 7.64. The Hall–Kier alpha value is -3.89. The highest BCUT2D eigenvalue weighted by Crippen LogP contribution is 2.29. The number of carbonyl (C=O) groups is 2. The molecule has 0 spiro atoms. The predicted octanol–water partition coefficient (Wildman–Crippen LogP) is 4.87. The number of hydrogen-bond acceptors (Lipinski definition) is 8. The summed E-state index contributed by atoms with van der Waals surface area (Å²) in [5.74, 6) is 0.558. The van der Waals surface area contributed by atoms with Crippen molar-refractivity contribution in [1.82, 2.24) is 10.4 Å². The van der Waals surface area contributed by atoms with Gasteiger partial charge in [0.25, 0.3) is 11.8 Å². The lowest BCUT2D eigenvalue weighted by molar-refractivity contribution is -0.119. The average molecular weight is 521 g/mol. The maximum Gasteiger partial charge on any atom is 0.262 e. The highest BCUT2D eigenvalue weighted by Gasteiger charge is 2.10. The molecule has 0 aliphatic heterocycles. The molecule has 8 nitrogen and oxygen atoms in total. The molecule has 36 heavy (non-hydrogen) atoms. The van der Waals surface area contributed by atoms with Crippen LogP contribution in [0.2, 0.25) is 0 Å². The van der Waals surface area contributed by atoms with E-state index in [4.69, 9.17) is 9.47 Å². The molecule has 1 heterocycles. The van der Waals surface area contributed by atoms with Crippen molar-refractivity contribution in [3.8, 4) is 11.5 Å². The average Bonchev–Trinajstić information content (AvgIpc) is 3.31. The lowest BCUT2D eigenvalue weighted by Crippen LogP contribution is -2.20. The van der Waals surface area contributed by atoms with E-state index in [9.17, 15) is 9.59 Å². The van der Waals surface area contributed by atoms with Crippen molar-refractivity contribution in [3.63, 3.8) is 0 Å². The number of fused-ring (bicyclic) bond motifs is 1. The zero-order valence-corrected chi connectivity index (χ0v) is 21.3. The minimum Gasteiger partial charge on any atom is -0.493 e. The number of aromatic nitrogens is 1. The summed E-state index contributed by atoms with van der Waals surface area (Å²) in [6, 6.07) is 20.5. The molecule has 0 saturated carbocycles. The Morgan fingerprint density at radius 1 is 1.06 bits per heavy atom. The van der Waals surface area contributed by atoms with Crippen molar-refractivity contribution in [3.05, 3.63) is 77.9 Å². The van der Waals surface area contributed by atoms with Crippen LogP contribution in [0.15, 0.2) is 76.2 Å². The molecular formula is C26H24N4O4S2. The molecule has 0 bridgehead atoms. The van der Waals surface area contributed by atoms with Crippen LogP contribution in [0.3, 0.4) is 0 Å². The summed E-state index contributed by atoms with van der Waals surface area (Å²) in [4.78, 5) is 28.8. The van der Waals surface area contributed by atoms with Gasteiger partial charge in [-0.05, 0) is 55.0 Å². The molecule has 0 aliphatic rings. The van der Waals surface area contributed by atoms with E-state index in [1.54, 1.807) is 29.5 Å². The summed E-state index contributed by atoms with van der Waals surface area (Å²) >= 11 is 2.92. The molecule has 0 aliphatic carbocycles. The number of thiazole rings is 1. The van der Waals surface area contributed by atoms with Gasteiger partial charge in [0, 0.05) is 5.69 Å². The maximum absolute atomic E-state index is 12.2. The third kappa shape index (κ3) is 7.06. The van der Waals surface area contributed by atoms with Crippen molar-refractivity contribution >= 4 is 57.0 Å². The monoisotopic (exact) mass is 520 g/mol. The van der Waals surface area contributed by atoms with Gasteiger partial charge in [-0.1, -0.05) is 41.6 Å². The van der Waals surface area contributed by atoms with Gasteiger partial charge in [-0.25, -0.2) is 10.4 Å². The summed E-state index contributed by atoms with van der Waals surface area (Å²) in [5.41, 5.74) is 5.95. The first-order chi connectivity index (χ1) is 17.5. The topological polar surface area (TPSA) is 102 Å². The van der Waals surface area contributed by atoms with E-state index in [0.29, 0.717) is 22.7 Å². The van der Waals surface area contributed by atoms with Crippen LogP contribution in [0.1, 0.15) is 11.1 Å². The number of hydrogen-bond donors (Lipinski definition) is 2. The molecule has 2 N–H and O–H groups in total. The van der Waals surface area contributed by atoms with E-state index in [2.05, 4.69) is 20.8 Å². The molecule has 0 fully saturated rings. The Morgan fingerprint density at radius 3 is 2.64 bits per heavy atom. The molecular weight excluding hydrogens is 496 g/mol. The molecule has 3 aromatic carbocycles. The van der Waals surface area contributed by atoms with Crippen molar-refractivity contribution < 1.29 is 19.1 Å². The van der Waals surface area contributed by atoms with Gasteiger partial charge in [-0.2, -0.15) is 5.10 Å². The first-order valence-electron chi connectivity index (χ1n) is 11.0. The fraction of sp³-hybridized carbons (Fsp3) is 0.154. The van der Waals surface area contributed by atoms with Crippen molar-refractivity contribution in [1.29, 1.82) is 0 Å². The lowest BCUT2D eigenvalue weighted by atomic mass is 10.2. The fourth-order valence-corrected chi connectivity index (χ4v) is 4.97. The molecule has 1 aromatic heterocycles. The minimum absolute atomic E-state index is 0.167. The van der Waals surface area contributed by atoms with Gasteiger partial charge in [-0.3, -0.25) is 9.59 Å². The number of para-hydroxylation sites is 1. The molecule has 184 valence electrons. The van der Waals surface area contributed by atoms with Crippen LogP contribution in [-0.4, -0.2) is 42.5 Å². The molecule has 2 amide bonds. The van der Waals surface area contributed by atoms with Gasteiger partial charge >= 0.3 is 0 Å². The number of ether oxygens (including phenoxy) is 2. The zero-order valence-electron chi connectivity index (χ0n) is 19.7. The largest absolute Gasteiger partial charge is 0.493 e. The van der Waals surface area contributed by atoms with Crippen LogP contribution in [0.5, 0.6) is 11.5 Å². The van der Waals surface area contributed by atoms with Crippen molar-refractivity contribution in [2.24, 2.45) is 5.10 Å². The first kappa shape index (κ1) is 25.2. The van der Waals surface area contributed by atoms with Gasteiger partial charge in [0.15, 0.2) is 22.4 Å². The van der Waals surface area contributed by atoms with Gasteiger partial charge in [0.2, 0.25) is 0 Å². The smallest absolute Gasteiger partial charge is 0.262 e. The van der Waals surface area contributed by atoms with Crippen LogP contribution >= 0.6 is 23.1 Å². The number of benzene rings is 3. The summed E-state index contributed by atoms with van der Waals surface area (Å²) in [5, 5.41) is 6.80. The quantitative estimate of drug-likeness (QED) is 0.176. The molecule has 0 saturated heterocycles. The summed E-state index contributed by atoms with van der Waals surface area (Å²) < 4.78 is 12.9. The highest BCUT2D eigenvalue weighted by atomic mass is 32.2. The Balaban J connectivity index is 1.25. The van der Waals surface area contributed by atoms with E-state index in [-0.39, 0.29) is 24.2 Å². The molecule has 4 aromatic rings. The minimum atomic E-state index is -0.280. The maximum atomic E-state index is 12.2. The summed E-state index contributed by atoms with van der Waals surface area (Å²) in [6.07, 6.45) is 1.51. The van der Waals surface area contributed by atoms with Gasteiger partial charge < -0.3 is 14.8 Å². The molecule has 0 radical (unpaired) electrons. The van der Waals surface area contributed by atoms with E-state index in [1.165, 1.54) is 25.1 Å². The Labute approximate surface area is 216 Å². The van der Waals surface area contributed by atoms with Gasteiger partial charge in [0.1, 0.15) is 0 Å². The standard InChI is InChI=1S/C26H24N4O4S2/c1-17-7-10-19(11-8-17)28-24(31)15-34-21-12-9-18(13-22(21)33-2)14-27-30-25(32)16-35-26-29-20-5-3-4-6-23(20)36-26/h3-14H,15-16H2,1-2H3,(H,28,31)(H,30,32)/b27-14+. The Morgan fingerprint density at radius 2 is 1.86 bits per heavy atom. The zero-order chi connectivity index (χ0) is 25.3. The second-order valence-corrected chi connectivity index (χ2v) is 9.90. The SMILES string of the molecule is COc1cc(/C=N/NC(=O)CSc2nc3ccccc3s2)ccc1OCC(=O)Nc1ccc(C)cc1.